The number of anilines is 3. The number of amides is 1. The lowest BCUT2D eigenvalue weighted by Gasteiger charge is -2.13. The highest BCUT2D eigenvalue weighted by atomic mass is 16.6. The van der Waals surface area contributed by atoms with E-state index in [0.29, 0.717) is 11.3 Å². The number of nitro groups is 1. The van der Waals surface area contributed by atoms with Gasteiger partial charge in [0, 0.05) is 11.3 Å². The molecule has 0 radical (unpaired) electrons. The highest BCUT2D eigenvalue weighted by Crippen LogP contribution is 2.32. The Morgan fingerprint density at radius 1 is 1.00 bits per heavy atom. The van der Waals surface area contributed by atoms with Gasteiger partial charge in [0.25, 0.3) is 5.91 Å². The molecule has 0 aliphatic heterocycles. The quantitative estimate of drug-likeness (QED) is 0.431. The molecule has 0 aliphatic carbocycles. The normalized spacial score (nSPS) is 10.3. The molecule has 3 N–H and O–H groups in total. The van der Waals surface area contributed by atoms with Crippen LogP contribution in [0.4, 0.5) is 23.0 Å². The van der Waals surface area contributed by atoms with Gasteiger partial charge in [-0.3, -0.25) is 25.8 Å². The van der Waals surface area contributed by atoms with Crippen molar-refractivity contribution < 1.29 is 9.72 Å². The summed E-state index contributed by atoms with van der Waals surface area (Å²) in [6.07, 6.45) is 1.18. The molecule has 0 saturated carbocycles. The number of carbonyl (C=O) groups excluding carboxylic acids is 1. The molecule has 3 aromatic rings. The standard InChI is InChI=1S/C20H20N6O3/c1-12-8-9-14(3)16(10-12)23-18-17(26(28)29)19(22-11-21-18)24-25-20(27)15-7-5-4-6-13(15)2/h4-11H,1-3H3,(H,25,27)(H2,21,22,23,24). The van der Waals surface area contributed by atoms with Crippen molar-refractivity contribution in [3.8, 4) is 0 Å². The second-order valence-corrected chi connectivity index (χ2v) is 6.51. The summed E-state index contributed by atoms with van der Waals surface area (Å²) in [6.45, 7) is 5.61. The lowest BCUT2D eigenvalue weighted by atomic mass is 10.1. The fourth-order valence-electron chi connectivity index (χ4n) is 2.74. The second kappa shape index (κ2) is 8.34. The van der Waals surface area contributed by atoms with Crippen molar-refractivity contribution in [2.75, 3.05) is 10.7 Å². The van der Waals surface area contributed by atoms with Crippen molar-refractivity contribution >= 4 is 28.9 Å². The van der Waals surface area contributed by atoms with E-state index in [1.54, 1.807) is 25.1 Å². The summed E-state index contributed by atoms with van der Waals surface area (Å²) >= 11 is 0. The van der Waals surface area contributed by atoms with Gasteiger partial charge < -0.3 is 5.32 Å². The van der Waals surface area contributed by atoms with Crippen molar-refractivity contribution in [1.29, 1.82) is 0 Å². The number of hydrazine groups is 1. The SMILES string of the molecule is Cc1ccc(C)c(Nc2ncnc(NNC(=O)c3ccccc3C)c2[N+](=O)[O-])c1. The molecule has 2 aromatic carbocycles. The van der Waals surface area contributed by atoms with Gasteiger partial charge in [0.1, 0.15) is 6.33 Å². The van der Waals surface area contributed by atoms with Crippen LogP contribution in [-0.2, 0) is 0 Å². The maximum atomic E-state index is 12.4. The zero-order chi connectivity index (χ0) is 21.0. The van der Waals surface area contributed by atoms with Crippen LogP contribution in [0.5, 0.6) is 0 Å². The molecule has 0 fully saturated rings. The average molecular weight is 392 g/mol. The number of aromatic nitrogens is 2. The van der Waals surface area contributed by atoms with E-state index < -0.39 is 10.8 Å². The van der Waals surface area contributed by atoms with Gasteiger partial charge in [0.05, 0.1) is 4.92 Å². The Balaban J connectivity index is 1.87. The summed E-state index contributed by atoms with van der Waals surface area (Å²) in [5.74, 6) is -0.536. The monoisotopic (exact) mass is 392 g/mol. The van der Waals surface area contributed by atoms with Crippen LogP contribution in [0.25, 0.3) is 0 Å². The highest BCUT2D eigenvalue weighted by Gasteiger charge is 2.24. The van der Waals surface area contributed by atoms with Crippen LogP contribution in [0.15, 0.2) is 48.8 Å². The van der Waals surface area contributed by atoms with Gasteiger partial charge in [-0.2, -0.15) is 0 Å². The van der Waals surface area contributed by atoms with Crippen molar-refractivity contribution in [3.05, 3.63) is 81.2 Å². The maximum absolute atomic E-state index is 12.4. The molecular formula is C20H20N6O3. The van der Waals surface area contributed by atoms with Crippen molar-refractivity contribution in [3.63, 3.8) is 0 Å². The molecule has 0 unspecified atom stereocenters. The highest BCUT2D eigenvalue weighted by molar-refractivity contribution is 5.96. The Kier molecular flexibility index (Phi) is 5.68. The molecule has 0 spiro atoms. The summed E-state index contributed by atoms with van der Waals surface area (Å²) in [7, 11) is 0. The predicted molar refractivity (Wildman–Crippen MR) is 110 cm³/mol. The zero-order valence-corrected chi connectivity index (χ0v) is 16.2. The van der Waals surface area contributed by atoms with E-state index in [9.17, 15) is 14.9 Å². The fraction of sp³-hybridized carbons (Fsp3) is 0.150. The molecule has 0 bridgehead atoms. The smallest absolute Gasteiger partial charge is 0.334 e. The van der Waals surface area contributed by atoms with E-state index >= 15 is 0 Å². The summed E-state index contributed by atoms with van der Waals surface area (Å²) in [5, 5.41) is 14.7. The Morgan fingerprint density at radius 2 is 1.72 bits per heavy atom. The van der Waals surface area contributed by atoms with E-state index in [-0.39, 0.29) is 17.3 Å². The van der Waals surface area contributed by atoms with Crippen LogP contribution in [0.1, 0.15) is 27.0 Å². The van der Waals surface area contributed by atoms with Crippen molar-refractivity contribution in [2.45, 2.75) is 20.8 Å². The number of rotatable bonds is 6. The first-order chi connectivity index (χ1) is 13.9. The topological polar surface area (TPSA) is 122 Å². The lowest BCUT2D eigenvalue weighted by molar-refractivity contribution is -0.383. The van der Waals surface area contributed by atoms with Crippen LogP contribution in [-0.4, -0.2) is 20.8 Å². The van der Waals surface area contributed by atoms with Gasteiger partial charge >= 0.3 is 5.69 Å². The maximum Gasteiger partial charge on any atom is 0.355 e. The molecule has 3 rings (SSSR count). The van der Waals surface area contributed by atoms with Crippen LogP contribution in [0, 0.1) is 30.9 Å². The molecule has 148 valence electrons. The summed E-state index contributed by atoms with van der Waals surface area (Å²) < 4.78 is 0. The average Bonchev–Trinajstić information content (AvgIpc) is 2.69. The predicted octanol–water partition coefficient (Wildman–Crippen LogP) is 3.81. The minimum absolute atomic E-state index is 0.0198. The number of benzene rings is 2. The minimum Gasteiger partial charge on any atom is -0.334 e. The lowest BCUT2D eigenvalue weighted by Crippen LogP contribution is -2.30. The Morgan fingerprint density at radius 3 is 2.45 bits per heavy atom. The van der Waals surface area contributed by atoms with Crippen LogP contribution in [0.2, 0.25) is 0 Å². The van der Waals surface area contributed by atoms with E-state index in [1.807, 2.05) is 38.1 Å². The summed E-state index contributed by atoms with van der Waals surface area (Å²) in [4.78, 5) is 31.4. The molecule has 1 aromatic heterocycles. The number of carbonyl (C=O) groups is 1. The molecule has 29 heavy (non-hydrogen) atoms. The first-order valence-corrected chi connectivity index (χ1v) is 8.82. The van der Waals surface area contributed by atoms with E-state index in [0.717, 1.165) is 16.7 Å². The Hall–Kier alpha value is -4.01. The number of aryl methyl sites for hydroxylation is 3. The number of hydrogen-bond donors (Lipinski definition) is 3. The number of nitrogens with one attached hydrogen (secondary N) is 3. The molecule has 0 atom stereocenters. The van der Waals surface area contributed by atoms with Gasteiger partial charge in [-0.25, -0.2) is 9.97 Å². The molecule has 0 saturated heterocycles. The summed E-state index contributed by atoms with van der Waals surface area (Å²) in [6, 6.07) is 12.7. The third kappa shape index (κ3) is 4.46. The Bertz CT molecular complexity index is 1080. The van der Waals surface area contributed by atoms with Gasteiger partial charge in [-0.1, -0.05) is 30.3 Å². The fourth-order valence-corrected chi connectivity index (χ4v) is 2.74. The van der Waals surface area contributed by atoms with Crippen molar-refractivity contribution in [2.24, 2.45) is 0 Å². The minimum atomic E-state index is -0.601. The van der Waals surface area contributed by atoms with Crippen LogP contribution >= 0.6 is 0 Å². The third-order valence-electron chi connectivity index (χ3n) is 4.34. The molecule has 1 heterocycles. The molecule has 0 aliphatic rings. The molecule has 9 nitrogen and oxygen atoms in total. The van der Waals surface area contributed by atoms with E-state index in [2.05, 4.69) is 26.1 Å². The molecular weight excluding hydrogens is 372 g/mol. The van der Waals surface area contributed by atoms with Gasteiger partial charge in [0.2, 0.25) is 11.6 Å². The first-order valence-electron chi connectivity index (χ1n) is 8.82. The van der Waals surface area contributed by atoms with Crippen LogP contribution in [0.3, 0.4) is 0 Å². The van der Waals surface area contributed by atoms with Gasteiger partial charge in [0.15, 0.2) is 0 Å². The largest absolute Gasteiger partial charge is 0.355 e. The first kappa shape index (κ1) is 19.7. The second-order valence-electron chi connectivity index (χ2n) is 6.51. The number of nitrogens with zero attached hydrogens (tertiary/aromatic N) is 3. The van der Waals surface area contributed by atoms with Gasteiger partial charge in [-0.15, -0.1) is 0 Å². The third-order valence-corrected chi connectivity index (χ3v) is 4.34. The zero-order valence-electron chi connectivity index (χ0n) is 16.2. The van der Waals surface area contributed by atoms with Crippen LogP contribution < -0.4 is 16.2 Å². The van der Waals surface area contributed by atoms with E-state index in [1.165, 1.54) is 6.33 Å². The number of hydrogen-bond acceptors (Lipinski definition) is 7. The molecule has 9 heteroatoms. The summed E-state index contributed by atoms with van der Waals surface area (Å²) in [5.41, 5.74) is 8.45. The molecule has 1 amide bonds. The van der Waals surface area contributed by atoms with Crippen molar-refractivity contribution in [1.82, 2.24) is 15.4 Å². The Labute approximate surface area is 167 Å². The van der Waals surface area contributed by atoms with Gasteiger partial charge in [-0.05, 0) is 49.6 Å². The van der Waals surface area contributed by atoms with E-state index in [4.69, 9.17) is 0 Å².